The van der Waals surface area contributed by atoms with Gasteiger partial charge in [0.2, 0.25) is 5.91 Å². The van der Waals surface area contributed by atoms with Crippen LogP contribution in [0.1, 0.15) is 39.5 Å². The Kier molecular flexibility index (Phi) is 8.92. The zero-order valence-electron chi connectivity index (χ0n) is 11.4. The van der Waals surface area contributed by atoms with Gasteiger partial charge in [0.05, 0.1) is 0 Å². The molecule has 0 fully saturated rings. The Morgan fingerprint density at radius 3 is 2.50 bits per heavy atom. The van der Waals surface area contributed by atoms with Crippen LogP contribution in [0.3, 0.4) is 0 Å². The number of carbonyl (C=O) groups is 2. The van der Waals surface area contributed by atoms with E-state index in [1.807, 2.05) is 13.8 Å². The molecule has 2 N–H and O–H groups in total. The van der Waals surface area contributed by atoms with Gasteiger partial charge in [-0.05, 0) is 25.2 Å². The van der Waals surface area contributed by atoms with Crippen molar-refractivity contribution in [3.63, 3.8) is 0 Å². The third-order valence-electron chi connectivity index (χ3n) is 2.30. The average Bonchev–Trinajstić information content (AvgIpc) is 2.29. The zero-order valence-corrected chi connectivity index (χ0v) is 11.4. The second-order valence-corrected chi connectivity index (χ2v) is 4.55. The van der Waals surface area contributed by atoms with E-state index in [9.17, 15) is 9.59 Å². The van der Waals surface area contributed by atoms with Gasteiger partial charge in [0.1, 0.15) is 5.70 Å². The lowest BCUT2D eigenvalue weighted by Crippen LogP contribution is -2.27. The second kappa shape index (κ2) is 9.65. The van der Waals surface area contributed by atoms with Crippen LogP contribution >= 0.6 is 0 Å². The molecule has 0 aliphatic carbocycles. The number of rotatable bonds is 9. The van der Waals surface area contributed by atoms with E-state index in [1.165, 1.54) is 0 Å². The lowest BCUT2D eigenvalue weighted by Gasteiger charge is -2.07. The number of carboxylic acid groups (broad SMARTS) is 1. The highest BCUT2D eigenvalue weighted by atomic mass is 16.5. The number of aliphatic carboxylic acids is 1. The summed E-state index contributed by atoms with van der Waals surface area (Å²) < 4.78 is 4.87. The molecule has 5 nitrogen and oxygen atoms in total. The van der Waals surface area contributed by atoms with Crippen LogP contribution in [-0.4, -0.2) is 30.7 Å². The summed E-state index contributed by atoms with van der Waals surface area (Å²) in [6.07, 6.45) is 3.99. The van der Waals surface area contributed by atoms with Crippen LogP contribution in [0, 0.1) is 5.92 Å². The summed E-state index contributed by atoms with van der Waals surface area (Å²) in [7, 11) is 1.61. The van der Waals surface area contributed by atoms with Crippen LogP contribution < -0.4 is 5.32 Å². The molecule has 0 heterocycles. The minimum absolute atomic E-state index is 0.0274. The van der Waals surface area contributed by atoms with Crippen LogP contribution in [0.15, 0.2) is 11.8 Å². The summed E-state index contributed by atoms with van der Waals surface area (Å²) in [6.45, 7) is 4.59. The van der Waals surface area contributed by atoms with Crippen molar-refractivity contribution in [1.82, 2.24) is 5.32 Å². The normalized spacial score (nSPS) is 11.7. The fraction of sp³-hybridized carbons (Fsp3) is 0.692. The van der Waals surface area contributed by atoms with Crippen molar-refractivity contribution < 1.29 is 19.4 Å². The van der Waals surface area contributed by atoms with Crippen LogP contribution in [0.25, 0.3) is 0 Å². The molecule has 0 spiro atoms. The summed E-state index contributed by atoms with van der Waals surface area (Å²) in [5.41, 5.74) is -0.0274. The van der Waals surface area contributed by atoms with E-state index in [-0.39, 0.29) is 11.6 Å². The molecule has 5 heteroatoms. The molecule has 0 atom stereocenters. The molecule has 0 aliphatic rings. The molecule has 0 saturated carbocycles. The molecule has 0 bridgehead atoms. The van der Waals surface area contributed by atoms with Gasteiger partial charge < -0.3 is 15.2 Å². The number of amides is 1. The van der Waals surface area contributed by atoms with Gasteiger partial charge in [-0.3, -0.25) is 4.79 Å². The van der Waals surface area contributed by atoms with Gasteiger partial charge in [-0.15, -0.1) is 0 Å². The van der Waals surface area contributed by atoms with Crippen LogP contribution in [0.2, 0.25) is 0 Å². The van der Waals surface area contributed by atoms with E-state index in [2.05, 4.69) is 5.32 Å². The number of ether oxygens (including phenoxy) is 1. The second-order valence-electron chi connectivity index (χ2n) is 4.55. The Morgan fingerprint density at radius 1 is 1.33 bits per heavy atom. The topological polar surface area (TPSA) is 75.6 Å². The van der Waals surface area contributed by atoms with Crippen molar-refractivity contribution in [2.24, 2.45) is 5.92 Å². The van der Waals surface area contributed by atoms with Crippen molar-refractivity contribution >= 4 is 11.9 Å². The molecule has 0 unspecified atom stereocenters. The molecule has 18 heavy (non-hydrogen) atoms. The van der Waals surface area contributed by atoms with E-state index in [4.69, 9.17) is 9.84 Å². The van der Waals surface area contributed by atoms with Crippen LogP contribution in [0.4, 0.5) is 0 Å². The van der Waals surface area contributed by atoms with E-state index in [1.54, 1.807) is 13.2 Å². The quantitative estimate of drug-likeness (QED) is 0.489. The standard InChI is InChI=1S/C13H23NO4/c1-10(2)7-8-11(13(16)17)14-12(15)6-4-5-9-18-3/h8,10H,4-7,9H2,1-3H3,(H,14,15)(H,16,17). The number of hydrogen-bond donors (Lipinski definition) is 2. The number of nitrogens with one attached hydrogen (secondary N) is 1. The maximum atomic E-state index is 11.5. The molecule has 0 aliphatic heterocycles. The van der Waals surface area contributed by atoms with E-state index < -0.39 is 5.97 Å². The summed E-state index contributed by atoms with van der Waals surface area (Å²) in [5.74, 6) is -0.998. The van der Waals surface area contributed by atoms with Crippen molar-refractivity contribution in [3.8, 4) is 0 Å². The Morgan fingerprint density at radius 2 is 2.00 bits per heavy atom. The minimum Gasteiger partial charge on any atom is -0.477 e. The first-order valence-corrected chi connectivity index (χ1v) is 6.19. The molecular formula is C13H23NO4. The number of allylic oxidation sites excluding steroid dienone is 1. The first kappa shape index (κ1) is 16.6. The molecule has 1 amide bonds. The van der Waals surface area contributed by atoms with Gasteiger partial charge in [-0.1, -0.05) is 19.9 Å². The van der Waals surface area contributed by atoms with Gasteiger partial charge >= 0.3 is 5.97 Å². The summed E-state index contributed by atoms with van der Waals surface area (Å²) in [4.78, 5) is 22.4. The van der Waals surface area contributed by atoms with E-state index in [0.717, 1.165) is 6.42 Å². The van der Waals surface area contributed by atoms with Gasteiger partial charge in [0.15, 0.2) is 0 Å². The van der Waals surface area contributed by atoms with Crippen molar-refractivity contribution in [2.45, 2.75) is 39.5 Å². The maximum absolute atomic E-state index is 11.5. The average molecular weight is 257 g/mol. The molecule has 0 saturated heterocycles. The first-order valence-electron chi connectivity index (χ1n) is 6.19. The Hall–Kier alpha value is -1.36. The molecule has 0 radical (unpaired) electrons. The maximum Gasteiger partial charge on any atom is 0.352 e. The Bertz CT molecular complexity index is 297. The number of methoxy groups -OCH3 is 1. The largest absolute Gasteiger partial charge is 0.477 e. The summed E-state index contributed by atoms with van der Waals surface area (Å²) in [5, 5.41) is 11.4. The van der Waals surface area contributed by atoms with Crippen molar-refractivity contribution in [2.75, 3.05) is 13.7 Å². The highest BCUT2D eigenvalue weighted by molar-refractivity contribution is 5.92. The van der Waals surface area contributed by atoms with Gasteiger partial charge in [0, 0.05) is 20.1 Å². The number of unbranched alkanes of at least 4 members (excludes halogenated alkanes) is 1. The fourth-order valence-electron chi connectivity index (χ4n) is 1.29. The molecule has 0 aromatic carbocycles. The molecule has 0 rings (SSSR count). The summed E-state index contributed by atoms with van der Waals surface area (Å²) >= 11 is 0. The smallest absolute Gasteiger partial charge is 0.352 e. The van der Waals surface area contributed by atoms with E-state index in [0.29, 0.717) is 31.8 Å². The zero-order chi connectivity index (χ0) is 14.0. The third-order valence-corrected chi connectivity index (χ3v) is 2.30. The fourth-order valence-corrected chi connectivity index (χ4v) is 1.29. The Balaban J connectivity index is 4.12. The molecule has 104 valence electrons. The predicted octanol–water partition coefficient (Wildman–Crippen LogP) is 1.93. The van der Waals surface area contributed by atoms with Crippen molar-refractivity contribution in [1.29, 1.82) is 0 Å². The van der Waals surface area contributed by atoms with Gasteiger partial charge in [0.25, 0.3) is 0 Å². The lowest BCUT2D eigenvalue weighted by atomic mass is 10.1. The molecular weight excluding hydrogens is 234 g/mol. The highest BCUT2D eigenvalue weighted by Crippen LogP contribution is 2.04. The van der Waals surface area contributed by atoms with Crippen LogP contribution in [0.5, 0.6) is 0 Å². The SMILES string of the molecule is COCCCCC(=O)NC(=CCC(C)C)C(=O)O. The molecule has 0 aromatic rings. The number of carbonyl (C=O) groups excluding carboxylic acids is 1. The number of hydrogen-bond acceptors (Lipinski definition) is 3. The monoisotopic (exact) mass is 257 g/mol. The predicted molar refractivity (Wildman–Crippen MR) is 69.0 cm³/mol. The first-order chi connectivity index (χ1) is 8.47. The minimum atomic E-state index is -1.10. The van der Waals surface area contributed by atoms with E-state index >= 15 is 0 Å². The third kappa shape index (κ3) is 8.75. The molecule has 0 aromatic heterocycles. The lowest BCUT2D eigenvalue weighted by molar-refractivity contribution is -0.134. The Labute approximate surface area is 108 Å². The van der Waals surface area contributed by atoms with Gasteiger partial charge in [-0.2, -0.15) is 0 Å². The van der Waals surface area contributed by atoms with Crippen molar-refractivity contribution in [3.05, 3.63) is 11.8 Å². The highest BCUT2D eigenvalue weighted by Gasteiger charge is 2.11. The summed E-state index contributed by atoms with van der Waals surface area (Å²) in [6, 6.07) is 0. The van der Waals surface area contributed by atoms with Crippen LogP contribution in [-0.2, 0) is 14.3 Å². The van der Waals surface area contributed by atoms with Gasteiger partial charge in [-0.25, -0.2) is 4.79 Å². The number of carboxylic acids is 1.